The lowest BCUT2D eigenvalue weighted by atomic mass is 9.83. The maximum atomic E-state index is 5.26. The van der Waals surface area contributed by atoms with Crippen LogP contribution in [0.2, 0.25) is 0 Å². The molecule has 11 heavy (non-hydrogen) atoms. The van der Waals surface area contributed by atoms with Gasteiger partial charge in [-0.2, -0.15) is 0 Å². The molecule has 0 saturated carbocycles. The first-order chi connectivity index (χ1) is 5.02. The highest BCUT2D eigenvalue weighted by molar-refractivity contribution is 4.91. The van der Waals surface area contributed by atoms with Crippen LogP contribution in [-0.4, -0.2) is 13.1 Å². The van der Waals surface area contributed by atoms with E-state index in [1.54, 1.807) is 0 Å². The van der Waals surface area contributed by atoms with Gasteiger partial charge in [0.15, 0.2) is 0 Å². The van der Waals surface area contributed by atoms with Gasteiger partial charge in [0.05, 0.1) is 0 Å². The van der Waals surface area contributed by atoms with E-state index in [0.29, 0.717) is 6.04 Å². The van der Waals surface area contributed by atoms with Crippen molar-refractivity contribution in [3.63, 3.8) is 0 Å². The molecule has 1 nitrogen and oxygen atoms in total. The van der Waals surface area contributed by atoms with Crippen molar-refractivity contribution < 1.29 is 0 Å². The molecule has 0 amide bonds. The van der Waals surface area contributed by atoms with Crippen molar-refractivity contribution in [3.05, 3.63) is 0 Å². The van der Waals surface area contributed by atoms with E-state index in [-0.39, 0.29) is 5.41 Å². The Morgan fingerprint density at radius 3 is 2.45 bits per heavy atom. The molecule has 1 unspecified atom stereocenters. The second-order valence-electron chi connectivity index (χ2n) is 3.94. The Morgan fingerprint density at radius 2 is 2.09 bits per heavy atom. The maximum absolute atomic E-state index is 5.26. The van der Waals surface area contributed by atoms with Gasteiger partial charge in [0.2, 0.25) is 0 Å². The van der Waals surface area contributed by atoms with E-state index in [0.717, 1.165) is 12.8 Å². The summed E-state index contributed by atoms with van der Waals surface area (Å²) in [5, 5.41) is 3.21. The molecule has 0 rings (SSSR count). The minimum Gasteiger partial charge on any atom is -0.317 e. The smallest absolute Gasteiger partial charge is 0.0138 e. The van der Waals surface area contributed by atoms with Crippen LogP contribution in [-0.2, 0) is 0 Å². The summed E-state index contributed by atoms with van der Waals surface area (Å²) in [6.45, 7) is 6.60. The lowest BCUT2D eigenvalue weighted by molar-refractivity contribution is 0.303. The van der Waals surface area contributed by atoms with Crippen LogP contribution in [0.4, 0.5) is 0 Å². The Kier molecular flexibility index (Phi) is 4.22. The second kappa shape index (κ2) is 4.41. The summed E-state index contributed by atoms with van der Waals surface area (Å²) in [5.41, 5.74) is 0.275. The lowest BCUT2D eigenvalue weighted by Gasteiger charge is -2.25. The molecule has 0 radical (unpaired) electrons. The Morgan fingerprint density at radius 1 is 1.55 bits per heavy atom. The normalized spacial score (nSPS) is 14.1. The lowest BCUT2D eigenvalue weighted by Crippen LogP contribution is -2.28. The summed E-state index contributed by atoms with van der Waals surface area (Å²) in [5.74, 6) is 2.71. The van der Waals surface area contributed by atoms with Crippen LogP contribution >= 0.6 is 0 Å². The van der Waals surface area contributed by atoms with Gasteiger partial charge >= 0.3 is 0 Å². The van der Waals surface area contributed by atoms with Crippen LogP contribution in [0.1, 0.15) is 33.6 Å². The topological polar surface area (TPSA) is 12.0 Å². The molecule has 0 heterocycles. The zero-order valence-electron chi connectivity index (χ0n) is 8.07. The fourth-order valence-corrected chi connectivity index (χ4v) is 1.28. The van der Waals surface area contributed by atoms with E-state index >= 15 is 0 Å². The molecule has 0 saturated heterocycles. The molecule has 0 aliphatic heterocycles. The molecule has 0 aromatic rings. The molecular formula is C10H19N. The number of hydrogen-bond acceptors (Lipinski definition) is 1. The molecule has 0 aliphatic carbocycles. The van der Waals surface area contributed by atoms with Gasteiger partial charge in [0, 0.05) is 12.5 Å². The highest BCUT2D eigenvalue weighted by Crippen LogP contribution is 2.25. The summed E-state index contributed by atoms with van der Waals surface area (Å²) < 4.78 is 0. The van der Waals surface area contributed by atoms with Crippen LogP contribution in [0.3, 0.4) is 0 Å². The van der Waals surface area contributed by atoms with Gasteiger partial charge in [0.1, 0.15) is 0 Å². The molecule has 0 bridgehead atoms. The van der Waals surface area contributed by atoms with Crippen LogP contribution in [0.15, 0.2) is 0 Å². The number of nitrogens with one attached hydrogen (secondary N) is 1. The predicted molar refractivity (Wildman–Crippen MR) is 50.4 cm³/mol. The summed E-state index contributed by atoms with van der Waals surface area (Å²) in [4.78, 5) is 0. The number of terminal acetylenes is 1. The van der Waals surface area contributed by atoms with Gasteiger partial charge in [-0.05, 0) is 25.8 Å². The van der Waals surface area contributed by atoms with Gasteiger partial charge in [-0.3, -0.25) is 0 Å². The maximum Gasteiger partial charge on any atom is 0.0138 e. The quantitative estimate of drug-likeness (QED) is 0.609. The van der Waals surface area contributed by atoms with E-state index < -0.39 is 0 Å². The molecule has 0 spiro atoms. The first-order valence-corrected chi connectivity index (χ1v) is 4.12. The first-order valence-electron chi connectivity index (χ1n) is 4.12. The predicted octanol–water partition coefficient (Wildman–Crippen LogP) is 2.03. The second-order valence-corrected chi connectivity index (χ2v) is 3.94. The van der Waals surface area contributed by atoms with Crippen molar-refractivity contribution in [2.45, 2.75) is 39.7 Å². The van der Waals surface area contributed by atoms with Crippen LogP contribution in [0, 0.1) is 17.8 Å². The molecule has 1 atom stereocenters. The molecule has 0 aliphatic rings. The molecular weight excluding hydrogens is 134 g/mol. The third-order valence-corrected chi connectivity index (χ3v) is 1.93. The van der Waals surface area contributed by atoms with Crippen molar-refractivity contribution in [2.24, 2.45) is 5.41 Å². The summed E-state index contributed by atoms with van der Waals surface area (Å²) >= 11 is 0. The van der Waals surface area contributed by atoms with Crippen LogP contribution in [0.25, 0.3) is 0 Å². The number of hydrogen-bond donors (Lipinski definition) is 1. The first kappa shape index (κ1) is 10.5. The minimum atomic E-state index is 0.275. The van der Waals surface area contributed by atoms with Gasteiger partial charge in [-0.25, -0.2) is 0 Å². The van der Waals surface area contributed by atoms with Gasteiger partial charge in [-0.15, -0.1) is 12.3 Å². The SMILES string of the molecule is C#CCC(C)(C)CC(C)NC. The van der Waals surface area contributed by atoms with Crippen molar-refractivity contribution in [1.29, 1.82) is 0 Å². The Bertz CT molecular complexity index is 141. The van der Waals surface area contributed by atoms with E-state index in [1.165, 1.54) is 0 Å². The molecule has 0 fully saturated rings. The summed E-state index contributed by atoms with van der Waals surface area (Å²) in [7, 11) is 1.98. The third kappa shape index (κ3) is 4.86. The van der Waals surface area contributed by atoms with Gasteiger partial charge in [0.25, 0.3) is 0 Å². The molecule has 0 aromatic carbocycles. The highest BCUT2D eigenvalue weighted by Gasteiger charge is 2.18. The Hall–Kier alpha value is -0.480. The minimum absolute atomic E-state index is 0.275. The highest BCUT2D eigenvalue weighted by atomic mass is 14.9. The van der Waals surface area contributed by atoms with Crippen molar-refractivity contribution in [1.82, 2.24) is 5.32 Å². The van der Waals surface area contributed by atoms with Crippen LogP contribution < -0.4 is 5.32 Å². The molecule has 1 N–H and O–H groups in total. The monoisotopic (exact) mass is 153 g/mol. The average Bonchev–Trinajstić information content (AvgIpc) is 1.86. The average molecular weight is 153 g/mol. The fourth-order valence-electron chi connectivity index (χ4n) is 1.28. The van der Waals surface area contributed by atoms with Crippen molar-refractivity contribution in [3.8, 4) is 12.3 Å². The Labute approximate surface area is 70.6 Å². The zero-order valence-corrected chi connectivity index (χ0v) is 8.07. The van der Waals surface area contributed by atoms with Gasteiger partial charge in [-0.1, -0.05) is 13.8 Å². The van der Waals surface area contributed by atoms with E-state index in [2.05, 4.69) is 32.0 Å². The Balaban J connectivity index is 3.82. The summed E-state index contributed by atoms with van der Waals surface area (Å²) in [6, 6.07) is 0.554. The largest absolute Gasteiger partial charge is 0.317 e. The molecule has 0 aromatic heterocycles. The zero-order chi connectivity index (χ0) is 8.91. The van der Waals surface area contributed by atoms with Crippen molar-refractivity contribution in [2.75, 3.05) is 7.05 Å². The van der Waals surface area contributed by atoms with E-state index in [1.807, 2.05) is 7.05 Å². The van der Waals surface area contributed by atoms with Crippen LogP contribution in [0.5, 0.6) is 0 Å². The number of rotatable bonds is 4. The van der Waals surface area contributed by atoms with E-state index in [4.69, 9.17) is 6.42 Å². The van der Waals surface area contributed by atoms with Crippen molar-refractivity contribution >= 4 is 0 Å². The summed E-state index contributed by atoms with van der Waals surface area (Å²) in [6.07, 6.45) is 7.25. The fraction of sp³-hybridized carbons (Fsp3) is 0.800. The molecule has 1 heteroatoms. The van der Waals surface area contributed by atoms with Gasteiger partial charge < -0.3 is 5.32 Å². The molecule has 64 valence electrons. The standard InChI is InChI=1S/C10H19N/c1-6-7-10(3,4)8-9(2)11-5/h1,9,11H,7-8H2,2-5H3. The van der Waals surface area contributed by atoms with E-state index in [9.17, 15) is 0 Å². The third-order valence-electron chi connectivity index (χ3n) is 1.93.